The molecule has 1 spiro atoms. The van der Waals surface area contributed by atoms with Crippen molar-refractivity contribution in [2.45, 2.75) is 38.8 Å². The van der Waals surface area contributed by atoms with Crippen molar-refractivity contribution in [3.63, 3.8) is 0 Å². The topological polar surface area (TPSA) is 72.9 Å². The molecule has 1 unspecified atom stereocenters. The summed E-state index contributed by atoms with van der Waals surface area (Å²) in [5, 5.41) is 0. The normalized spacial score (nSPS) is 22.2. The highest BCUT2D eigenvalue weighted by Crippen LogP contribution is 2.62. The Labute approximate surface area is 242 Å². The first-order valence-corrected chi connectivity index (χ1v) is 14.1. The summed E-state index contributed by atoms with van der Waals surface area (Å²) in [6, 6.07) is 16.7. The van der Waals surface area contributed by atoms with Crippen molar-refractivity contribution in [1.82, 2.24) is 0 Å². The Balaban J connectivity index is 1.74. The van der Waals surface area contributed by atoms with E-state index in [2.05, 4.69) is 15.9 Å². The highest BCUT2D eigenvalue weighted by molar-refractivity contribution is 9.10. The number of methoxy groups -OCH3 is 2. The van der Waals surface area contributed by atoms with Crippen molar-refractivity contribution in [3.8, 4) is 11.5 Å². The fourth-order valence-corrected chi connectivity index (χ4v) is 7.20. The quantitative estimate of drug-likeness (QED) is 0.318. The molecule has 0 saturated carbocycles. The minimum atomic E-state index is -1.59. The summed E-state index contributed by atoms with van der Waals surface area (Å²) >= 11 is 3.56. The predicted octanol–water partition coefficient (Wildman–Crippen LogP) is 6.51. The molecular formula is C33H30BrNO5. The van der Waals surface area contributed by atoms with Crippen molar-refractivity contribution >= 4 is 45.0 Å². The third kappa shape index (κ3) is 3.49. The Morgan fingerprint density at radius 3 is 2.20 bits per heavy atom. The molecule has 6 nitrogen and oxygen atoms in total. The van der Waals surface area contributed by atoms with Crippen LogP contribution in [0.3, 0.4) is 0 Å². The molecule has 1 aliphatic carbocycles. The number of Topliss-reactive ketones (excluding diaryl/α,β-unsaturated/α-hetero) is 3. The van der Waals surface area contributed by atoms with E-state index in [1.165, 1.54) is 0 Å². The lowest BCUT2D eigenvalue weighted by atomic mass is 9.63. The number of carbonyl (C=O) groups excluding carboxylic acids is 3. The fourth-order valence-electron chi connectivity index (χ4n) is 6.82. The largest absolute Gasteiger partial charge is 0.497 e. The van der Waals surface area contributed by atoms with Gasteiger partial charge in [0, 0.05) is 38.2 Å². The maximum Gasteiger partial charge on any atom is 0.180 e. The van der Waals surface area contributed by atoms with Crippen LogP contribution in [0.4, 0.5) is 5.69 Å². The van der Waals surface area contributed by atoms with E-state index in [0.717, 1.165) is 15.7 Å². The molecule has 1 saturated heterocycles. The van der Waals surface area contributed by atoms with E-state index in [9.17, 15) is 14.4 Å². The zero-order valence-corrected chi connectivity index (χ0v) is 24.6. The lowest BCUT2D eigenvalue weighted by Crippen LogP contribution is -2.49. The third-order valence-corrected chi connectivity index (χ3v) is 9.04. The predicted molar refractivity (Wildman–Crippen MR) is 158 cm³/mol. The highest BCUT2D eigenvalue weighted by Gasteiger charge is 2.72. The number of hydrogen-bond donors (Lipinski definition) is 0. The van der Waals surface area contributed by atoms with Gasteiger partial charge in [0.1, 0.15) is 16.9 Å². The summed E-state index contributed by atoms with van der Waals surface area (Å²) in [7, 11) is 3.12. The molecular weight excluding hydrogens is 570 g/mol. The Morgan fingerprint density at radius 1 is 0.925 bits per heavy atom. The van der Waals surface area contributed by atoms with Crippen molar-refractivity contribution in [1.29, 1.82) is 0 Å². The van der Waals surface area contributed by atoms with E-state index in [-0.39, 0.29) is 17.3 Å². The number of benzene rings is 3. The van der Waals surface area contributed by atoms with Gasteiger partial charge in [-0.1, -0.05) is 73.1 Å². The van der Waals surface area contributed by atoms with Crippen LogP contribution in [0, 0.1) is 10.8 Å². The summed E-state index contributed by atoms with van der Waals surface area (Å²) < 4.78 is 12.3. The van der Waals surface area contributed by atoms with E-state index in [4.69, 9.17) is 9.47 Å². The van der Waals surface area contributed by atoms with Crippen molar-refractivity contribution in [2.75, 3.05) is 19.1 Å². The standard InChI is InChI=1S/C33H30BrNO5/c1-32(2,3)31(38)28-27(23-17-20(39-4)12-14-25(23)40-5)33(29(36)21-8-6-7-9-22(21)30(33)37)26-15-10-18-16-19(34)11-13-24(18)35(26)28/h6-17,26-28H,1-5H3/t26?,27-,28+/m0/s1. The summed E-state index contributed by atoms with van der Waals surface area (Å²) in [6.45, 7) is 5.64. The molecule has 3 aromatic carbocycles. The second kappa shape index (κ2) is 9.16. The van der Waals surface area contributed by atoms with Crippen LogP contribution in [0.2, 0.25) is 0 Å². The maximum atomic E-state index is 14.7. The maximum absolute atomic E-state index is 14.7. The van der Waals surface area contributed by atoms with E-state index >= 15 is 0 Å². The van der Waals surface area contributed by atoms with Crippen LogP contribution in [0.15, 0.2) is 71.2 Å². The molecule has 7 heteroatoms. The van der Waals surface area contributed by atoms with Gasteiger partial charge in [-0.05, 0) is 42.0 Å². The third-order valence-electron chi connectivity index (χ3n) is 8.55. The summed E-state index contributed by atoms with van der Waals surface area (Å²) in [5.41, 5.74) is 0.728. The number of hydrogen-bond acceptors (Lipinski definition) is 6. The van der Waals surface area contributed by atoms with Gasteiger partial charge in [-0.3, -0.25) is 14.4 Å². The smallest absolute Gasteiger partial charge is 0.180 e. The van der Waals surface area contributed by atoms with Crippen LogP contribution in [-0.4, -0.2) is 43.7 Å². The molecule has 0 N–H and O–H groups in total. The van der Waals surface area contributed by atoms with E-state index in [0.29, 0.717) is 28.2 Å². The van der Waals surface area contributed by atoms with Crippen LogP contribution in [0.1, 0.15) is 58.5 Å². The van der Waals surface area contributed by atoms with Gasteiger partial charge in [-0.25, -0.2) is 0 Å². The minimum absolute atomic E-state index is 0.0648. The first-order chi connectivity index (χ1) is 19.0. The number of fused-ring (bicyclic) bond motifs is 5. The van der Waals surface area contributed by atoms with Crippen LogP contribution in [0.5, 0.6) is 11.5 Å². The van der Waals surface area contributed by atoms with Gasteiger partial charge in [0.15, 0.2) is 17.3 Å². The summed E-state index contributed by atoms with van der Waals surface area (Å²) in [4.78, 5) is 46.1. The Kier molecular flexibility index (Phi) is 6.07. The number of ether oxygens (including phenoxy) is 2. The molecule has 3 aromatic rings. The monoisotopic (exact) mass is 599 g/mol. The highest BCUT2D eigenvalue weighted by atomic mass is 79.9. The second-order valence-corrected chi connectivity index (χ2v) is 12.5. The van der Waals surface area contributed by atoms with E-state index < -0.39 is 28.8 Å². The summed E-state index contributed by atoms with van der Waals surface area (Å²) in [6.07, 6.45) is 3.88. The van der Waals surface area contributed by atoms with E-state index in [1.807, 2.05) is 62.1 Å². The molecule has 40 heavy (non-hydrogen) atoms. The zero-order valence-electron chi connectivity index (χ0n) is 23.0. The molecule has 0 amide bonds. The molecule has 0 bridgehead atoms. The Hall–Kier alpha value is -3.71. The van der Waals surface area contributed by atoms with Gasteiger partial charge in [0.2, 0.25) is 0 Å². The van der Waals surface area contributed by atoms with Crippen LogP contribution < -0.4 is 14.4 Å². The number of halogens is 1. The van der Waals surface area contributed by atoms with Crippen molar-refractivity contribution in [3.05, 3.63) is 93.5 Å². The number of ketones is 3. The first kappa shape index (κ1) is 26.5. The minimum Gasteiger partial charge on any atom is -0.497 e. The van der Waals surface area contributed by atoms with Crippen molar-refractivity contribution < 1.29 is 23.9 Å². The van der Waals surface area contributed by atoms with Crippen LogP contribution >= 0.6 is 15.9 Å². The van der Waals surface area contributed by atoms with Crippen LogP contribution in [-0.2, 0) is 4.79 Å². The number of carbonyl (C=O) groups is 3. The second-order valence-electron chi connectivity index (χ2n) is 11.6. The summed E-state index contributed by atoms with van der Waals surface area (Å²) in [5.74, 6) is -0.410. The number of rotatable bonds is 4. The molecule has 0 radical (unpaired) electrons. The lowest BCUT2D eigenvalue weighted by molar-refractivity contribution is -0.127. The first-order valence-electron chi connectivity index (χ1n) is 13.3. The molecule has 1 fully saturated rings. The molecule has 6 rings (SSSR count). The van der Waals surface area contributed by atoms with Crippen molar-refractivity contribution in [2.24, 2.45) is 10.8 Å². The van der Waals surface area contributed by atoms with E-state index in [1.54, 1.807) is 50.6 Å². The molecule has 3 aliphatic rings. The molecule has 2 heterocycles. The molecule has 2 aliphatic heterocycles. The number of anilines is 1. The molecule has 204 valence electrons. The SMILES string of the molecule is COc1ccc(OC)c([C@H]2[C@H](C(=O)C(C)(C)C)N3c4ccc(Br)cc4C=CC3C23C(=O)c2ccccc2C3=O)c1. The van der Waals surface area contributed by atoms with Gasteiger partial charge in [0.25, 0.3) is 0 Å². The van der Waals surface area contributed by atoms with Gasteiger partial charge in [-0.2, -0.15) is 0 Å². The van der Waals surface area contributed by atoms with Crippen LogP contribution in [0.25, 0.3) is 6.08 Å². The van der Waals surface area contributed by atoms with Gasteiger partial charge < -0.3 is 14.4 Å². The van der Waals surface area contributed by atoms with Gasteiger partial charge in [-0.15, -0.1) is 0 Å². The van der Waals surface area contributed by atoms with Gasteiger partial charge >= 0.3 is 0 Å². The number of nitrogens with zero attached hydrogens (tertiary/aromatic N) is 1. The molecule has 0 aromatic heterocycles. The molecule has 3 atom stereocenters. The average molecular weight is 601 g/mol. The Morgan fingerprint density at radius 2 is 1.60 bits per heavy atom. The van der Waals surface area contributed by atoms with Gasteiger partial charge in [0.05, 0.1) is 26.3 Å². The fraction of sp³-hybridized carbons (Fsp3) is 0.303. The Bertz CT molecular complexity index is 1580. The average Bonchev–Trinajstić information content (AvgIpc) is 3.37. The lowest BCUT2D eigenvalue weighted by Gasteiger charge is -2.38. The zero-order chi connectivity index (χ0) is 28.6.